The Labute approximate surface area is 385 Å². The summed E-state index contributed by atoms with van der Waals surface area (Å²) >= 11 is 0. The molecule has 1 aliphatic heterocycles. The summed E-state index contributed by atoms with van der Waals surface area (Å²) < 4.78 is 5.59. The summed E-state index contributed by atoms with van der Waals surface area (Å²) in [6, 6.07) is 1.95. The highest BCUT2D eigenvalue weighted by Gasteiger charge is 2.38. The minimum Gasteiger partial charge on any atom is -0.481 e. The number of rotatable bonds is 28. The molecular weight excluding hydrogens is 835 g/mol. The van der Waals surface area contributed by atoms with Crippen molar-refractivity contribution in [2.45, 2.75) is 192 Å². The summed E-state index contributed by atoms with van der Waals surface area (Å²) in [7, 11) is 0. The van der Waals surface area contributed by atoms with Crippen molar-refractivity contribution in [2.75, 3.05) is 13.1 Å². The van der Waals surface area contributed by atoms with Crippen LogP contribution in [0.5, 0.6) is 0 Å². The van der Waals surface area contributed by atoms with Crippen molar-refractivity contribution in [3.63, 3.8) is 0 Å². The van der Waals surface area contributed by atoms with Crippen LogP contribution in [0.25, 0.3) is 0 Å². The first-order valence-electron chi connectivity index (χ1n) is 23.9. The number of nitrogens with one attached hydrogen (secondary N) is 5. The highest BCUT2D eigenvalue weighted by molar-refractivity contribution is 5.97. The number of unbranched alkanes of at least 4 members (excludes halogenated alkanes) is 15. The zero-order valence-corrected chi connectivity index (χ0v) is 39.1. The maximum absolute atomic E-state index is 14.2. The molecule has 1 heterocycles. The second kappa shape index (κ2) is 32.4. The van der Waals surface area contributed by atoms with Crippen LogP contribution in [0.4, 0.5) is 0 Å². The first-order valence-corrected chi connectivity index (χ1v) is 23.9. The number of aliphatic carboxylic acids is 1. The van der Waals surface area contributed by atoms with E-state index < -0.39 is 90.1 Å². The fourth-order valence-corrected chi connectivity index (χ4v) is 7.67. The average molecular weight is 914 g/mol. The Hall–Kier alpha value is -5.26. The molecular formula is C47H79N9O9. The van der Waals surface area contributed by atoms with Gasteiger partial charge in [0.15, 0.2) is 5.96 Å². The maximum atomic E-state index is 14.2. The van der Waals surface area contributed by atoms with Crippen LogP contribution in [0.3, 0.4) is 0 Å². The molecule has 0 radical (unpaired) electrons. The van der Waals surface area contributed by atoms with Crippen LogP contribution in [0, 0.1) is 5.92 Å². The van der Waals surface area contributed by atoms with Gasteiger partial charge in [-0.15, -0.1) is 0 Å². The number of hydrogen-bond donors (Lipinski definition) is 9. The monoisotopic (exact) mass is 914 g/mol. The van der Waals surface area contributed by atoms with Gasteiger partial charge < -0.3 is 53.6 Å². The molecule has 0 saturated carbocycles. The molecule has 7 atom stereocenters. The van der Waals surface area contributed by atoms with Gasteiger partial charge in [0, 0.05) is 19.4 Å². The Bertz CT molecular complexity index is 1640. The highest BCUT2D eigenvalue weighted by atomic mass is 16.5. The van der Waals surface area contributed by atoms with E-state index in [0.29, 0.717) is 24.9 Å². The molecule has 1 saturated heterocycles. The van der Waals surface area contributed by atoms with E-state index in [2.05, 4.69) is 31.6 Å². The number of cyclic esters (lactones) is 1. The predicted octanol–water partition coefficient (Wildman–Crippen LogP) is 3.37. The smallest absolute Gasteiger partial charge is 0.329 e. The van der Waals surface area contributed by atoms with E-state index >= 15 is 0 Å². The number of carbonyl (C=O) groups excluding carboxylic acids is 6. The number of carbonyl (C=O) groups is 7. The van der Waals surface area contributed by atoms with Crippen LogP contribution in [-0.2, 0) is 44.7 Å². The standard InChI is InChI=1S/C47H79N9O9/c1-4-32(2)40-44(62)52-35(27-28-48)42(60)54-37(31-39(58)59)46(64)65-33(3)41(45(63)53-36(43(61)56-40)30-34-24-20-19-21-25-34)55-38(57)26-22-17-15-13-11-9-7-5-6-8-10-12-14-16-18-23-29-51-47(49)50/h19-21,24-25,32-33,35-37,40-41H,4-18,22-23,26-31,48H2,1-3H3,(H,52,62)(H,53,63)(H,54,60)(H,55,57)(H,56,61)(H,58,59)(H4,49,50,51)/t32-,33-,35+,36-,37+,40+,41+/m1/s1. The maximum Gasteiger partial charge on any atom is 0.329 e. The van der Waals surface area contributed by atoms with E-state index in [1.807, 2.05) is 6.92 Å². The molecule has 366 valence electrons. The number of aliphatic imine (C=N–C) groups is 1. The van der Waals surface area contributed by atoms with E-state index in [9.17, 15) is 38.7 Å². The van der Waals surface area contributed by atoms with Crippen molar-refractivity contribution in [3.8, 4) is 0 Å². The fourth-order valence-electron chi connectivity index (χ4n) is 7.67. The number of carboxylic acids is 1. The zero-order valence-electron chi connectivity index (χ0n) is 39.1. The van der Waals surface area contributed by atoms with E-state index in [1.54, 1.807) is 37.3 Å². The van der Waals surface area contributed by atoms with E-state index in [1.165, 1.54) is 64.7 Å². The van der Waals surface area contributed by atoms with E-state index in [0.717, 1.165) is 38.5 Å². The molecule has 65 heavy (non-hydrogen) atoms. The second-order valence-corrected chi connectivity index (χ2v) is 17.3. The van der Waals surface area contributed by atoms with Crippen LogP contribution in [0.15, 0.2) is 35.3 Å². The molecule has 18 nitrogen and oxygen atoms in total. The third kappa shape index (κ3) is 23.5. The summed E-state index contributed by atoms with van der Waals surface area (Å²) in [5, 5.41) is 22.8. The van der Waals surface area contributed by atoms with E-state index in [-0.39, 0.29) is 31.8 Å². The zero-order chi connectivity index (χ0) is 48.0. The molecule has 0 aliphatic carbocycles. The van der Waals surface area contributed by atoms with Gasteiger partial charge in [-0.25, -0.2) is 4.79 Å². The number of guanidine groups is 1. The number of carboxylic acid groups (broad SMARTS) is 1. The molecule has 0 aromatic heterocycles. The molecule has 0 unspecified atom stereocenters. The Morgan fingerprint density at radius 3 is 1.75 bits per heavy atom. The van der Waals surface area contributed by atoms with Crippen LogP contribution < -0.4 is 43.8 Å². The molecule has 1 aliphatic rings. The van der Waals surface area contributed by atoms with Crippen LogP contribution >= 0.6 is 0 Å². The third-order valence-electron chi connectivity index (χ3n) is 11.8. The molecule has 1 aromatic rings. The average Bonchev–Trinajstić information content (AvgIpc) is 3.26. The van der Waals surface area contributed by atoms with Gasteiger partial charge in [-0.3, -0.25) is 33.8 Å². The number of ether oxygens (including phenoxy) is 1. The number of amides is 5. The van der Waals surface area contributed by atoms with Gasteiger partial charge >= 0.3 is 11.9 Å². The lowest BCUT2D eigenvalue weighted by Crippen LogP contribution is -2.62. The van der Waals surface area contributed by atoms with Crippen LogP contribution in [0.2, 0.25) is 0 Å². The molecule has 5 amide bonds. The highest BCUT2D eigenvalue weighted by Crippen LogP contribution is 2.16. The lowest BCUT2D eigenvalue weighted by atomic mass is 9.96. The largest absolute Gasteiger partial charge is 0.481 e. The molecule has 1 fully saturated rings. The van der Waals surface area contributed by atoms with Gasteiger partial charge in [-0.2, -0.15) is 0 Å². The van der Waals surface area contributed by atoms with Gasteiger partial charge in [-0.1, -0.05) is 140 Å². The van der Waals surface area contributed by atoms with Crippen molar-refractivity contribution in [1.82, 2.24) is 26.6 Å². The Kier molecular flexibility index (Phi) is 27.9. The van der Waals surface area contributed by atoms with Crippen molar-refractivity contribution in [2.24, 2.45) is 28.1 Å². The number of benzene rings is 1. The van der Waals surface area contributed by atoms with E-state index in [4.69, 9.17) is 21.9 Å². The lowest BCUT2D eigenvalue weighted by molar-refractivity contribution is -0.158. The second-order valence-electron chi connectivity index (χ2n) is 17.3. The first kappa shape index (κ1) is 55.9. The SMILES string of the molecule is CC[C@@H](C)[C@@H]1NC(=O)[C@@H](Cc2ccccc2)NC(=O)[C@@H](NC(=O)CCCCCCCCCCCCCCCCCCN=C(N)N)[C@@H](C)OC(=O)[C@H](CC(=O)O)NC(=O)[C@H](CCN)NC1=O. The molecule has 12 N–H and O–H groups in total. The Morgan fingerprint density at radius 2 is 1.23 bits per heavy atom. The van der Waals surface area contributed by atoms with Gasteiger partial charge in [0.05, 0.1) is 6.42 Å². The molecule has 0 bridgehead atoms. The quantitative estimate of drug-likeness (QED) is 0.0253. The minimum absolute atomic E-state index is 0.00604. The predicted molar refractivity (Wildman–Crippen MR) is 250 cm³/mol. The normalized spacial score (nSPS) is 21.5. The first-order chi connectivity index (χ1) is 31.2. The molecule has 2 rings (SSSR count). The van der Waals surface area contributed by atoms with Crippen LogP contribution in [0.1, 0.15) is 155 Å². The number of hydrogen-bond acceptors (Lipinski definition) is 10. The topological polar surface area (TPSA) is 300 Å². The van der Waals surface area contributed by atoms with Crippen molar-refractivity contribution in [3.05, 3.63) is 35.9 Å². The summed E-state index contributed by atoms with van der Waals surface area (Å²) in [4.78, 5) is 98.3. The number of nitrogens with two attached hydrogens (primary N) is 3. The fraction of sp³-hybridized carbons (Fsp3) is 0.702. The third-order valence-corrected chi connectivity index (χ3v) is 11.8. The molecule has 0 spiro atoms. The van der Waals surface area contributed by atoms with Crippen molar-refractivity contribution < 1.29 is 43.4 Å². The van der Waals surface area contributed by atoms with Crippen LogP contribution in [-0.4, -0.2) is 102 Å². The summed E-state index contributed by atoms with van der Waals surface area (Å²) in [6.45, 7) is 5.58. The van der Waals surface area contributed by atoms with Gasteiger partial charge in [-0.05, 0) is 44.2 Å². The number of nitrogens with zero attached hydrogens (tertiary/aromatic N) is 1. The summed E-state index contributed by atoms with van der Waals surface area (Å²) in [6.07, 6.45) is 16.0. The minimum atomic E-state index is -1.72. The Balaban J connectivity index is 2.08. The Morgan fingerprint density at radius 1 is 0.723 bits per heavy atom. The molecule has 1 aromatic carbocycles. The molecule has 18 heteroatoms. The summed E-state index contributed by atoms with van der Waals surface area (Å²) in [5.74, 6) is -6.52. The van der Waals surface area contributed by atoms with Crippen molar-refractivity contribution in [1.29, 1.82) is 0 Å². The lowest BCUT2D eigenvalue weighted by Gasteiger charge is -2.31. The van der Waals surface area contributed by atoms with Gasteiger partial charge in [0.2, 0.25) is 29.5 Å². The van der Waals surface area contributed by atoms with Gasteiger partial charge in [0.25, 0.3) is 0 Å². The van der Waals surface area contributed by atoms with Gasteiger partial charge in [0.1, 0.15) is 36.3 Å². The number of esters is 1. The summed E-state index contributed by atoms with van der Waals surface area (Å²) in [5.41, 5.74) is 17.2. The van der Waals surface area contributed by atoms with Crippen molar-refractivity contribution >= 4 is 47.4 Å².